The minimum Gasteiger partial charge on any atom is -0.369 e. The number of aryl methyl sites for hydroxylation is 1. The van der Waals surface area contributed by atoms with Crippen molar-refractivity contribution in [3.05, 3.63) is 47.5 Å². The summed E-state index contributed by atoms with van der Waals surface area (Å²) in [4.78, 5) is 14.4. The third-order valence-electron chi connectivity index (χ3n) is 9.17. The Morgan fingerprint density at radius 1 is 1.11 bits per heavy atom. The molecule has 0 radical (unpaired) electrons. The lowest BCUT2D eigenvalue weighted by Gasteiger charge is -2.45. The summed E-state index contributed by atoms with van der Waals surface area (Å²) in [6.07, 6.45) is 5.76. The number of primary amides is 1. The fourth-order valence-electron chi connectivity index (χ4n) is 7.04. The Morgan fingerprint density at radius 3 is 2.28 bits per heavy atom. The molecule has 2 bridgehead atoms. The Hall–Kier alpha value is -2.35. The van der Waals surface area contributed by atoms with Gasteiger partial charge in [0.2, 0.25) is 5.91 Å². The number of benzene rings is 1. The third kappa shape index (κ3) is 4.46. The van der Waals surface area contributed by atoms with Crippen LogP contribution in [0.3, 0.4) is 0 Å². The minimum atomic E-state index is -2.97. The van der Waals surface area contributed by atoms with E-state index in [0.29, 0.717) is 18.4 Å². The molecule has 2 saturated heterocycles. The van der Waals surface area contributed by atoms with Crippen LogP contribution in [0.25, 0.3) is 0 Å². The number of carbonyl (C=O) groups excluding carboxylic acids is 1. The van der Waals surface area contributed by atoms with E-state index < -0.39 is 23.2 Å². The lowest BCUT2D eigenvalue weighted by atomic mass is 9.62. The highest BCUT2D eigenvalue weighted by molar-refractivity contribution is 5.81. The van der Waals surface area contributed by atoms with Gasteiger partial charge in [0.1, 0.15) is 11.6 Å². The molecule has 3 atom stereocenters. The van der Waals surface area contributed by atoms with Gasteiger partial charge in [-0.1, -0.05) is 50.6 Å². The summed E-state index contributed by atoms with van der Waals surface area (Å²) in [5, 5.41) is 8.72. The van der Waals surface area contributed by atoms with Gasteiger partial charge in [-0.3, -0.25) is 9.69 Å². The summed E-state index contributed by atoms with van der Waals surface area (Å²) < 4.78 is 34.8. The highest BCUT2D eigenvalue weighted by Gasteiger charge is 2.53. The Kier molecular flexibility index (Phi) is 6.68. The number of fused-ring (bicyclic) bond motifs is 2. The number of nitrogens with zero attached hydrogens (tertiary/aromatic N) is 4. The summed E-state index contributed by atoms with van der Waals surface area (Å²) in [5.74, 6) is -2.28. The molecule has 2 N–H and O–H groups in total. The smallest absolute Gasteiger partial charge is 0.267 e. The number of nitrogens with two attached hydrogens (primary N) is 1. The van der Waals surface area contributed by atoms with Crippen LogP contribution in [-0.2, 0) is 4.79 Å². The predicted octanol–water partition coefficient (Wildman–Crippen LogP) is 5.34. The Bertz CT molecular complexity index is 1070. The first-order valence-corrected chi connectivity index (χ1v) is 13.5. The van der Waals surface area contributed by atoms with E-state index in [1.807, 2.05) is 13.0 Å². The van der Waals surface area contributed by atoms with Gasteiger partial charge in [-0.2, -0.15) is 0 Å². The van der Waals surface area contributed by atoms with E-state index in [4.69, 9.17) is 5.73 Å². The molecule has 36 heavy (non-hydrogen) atoms. The molecule has 3 unspecified atom stereocenters. The maximum absolute atomic E-state index is 16.3. The van der Waals surface area contributed by atoms with Gasteiger partial charge in [0.15, 0.2) is 0 Å². The molecule has 3 aliphatic rings. The van der Waals surface area contributed by atoms with E-state index in [-0.39, 0.29) is 37.0 Å². The van der Waals surface area contributed by atoms with Crippen LogP contribution in [0.4, 0.5) is 8.78 Å². The van der Waals surface area contributed by atoms with Crippen molar-refractivity contribution in [3.8, 4) is 0 Å². The summed E-state index contributed by atoms with van der Waals surface area (Å²) >= 11 is 0. The van der Waals surface area contributed by atoms with Crippen LogP contribution >= 0.6 is 0 Å². The van der Waals surface area contributed by atoms with Crippen molar-refractivity contribution in [2.24, 2.45) is 11.1 Å². The molecule has 5 rings (SSSR count). The molecule has 1 aliphatic carbocycles. The molecule has 3 fully saturated rings. The highest BCUT2D eigenvalue weighted by atomic mass is 19.3. The van der Waals surface area contributed by atoms with E-state index in [9.17, 15) is 4.79 Å². The SMILES string of the molecule is Cc1nnc(C(C)C)n1C1CC2CCC(C1)N2CC(F)(F)C(CC1(C(N)=O)CCC1)c1ccccc1. The molecule has 1 saturated carbocycles. The standard InChI is InChI=1S/C28H39F2N5O/c1-18(2)25-33-32-19(3)35(25)23-14-21-10-11-22(15-23)34(21)17-28(29,30)24(20-8-5-4-6-9-20)16-27(26(31)36)12-7-13-27/h4-6,8-9,18,21-24H,7,10-17H2,1-3H3,(H2,31,36). The average molecular weight is 500 g/mol. The highest BCUT2D eigenvalue weighted by Crippen LogP contribution is 2.52. The van der Waals surface area contributed by atoms with Gasteiger partial charge < -0.3 is 10.3 Å². The quantitative estimate of drug-likeness (QED) is 0.505. The van der Waals surface area contributed by atoms with Gasteiger partial charge in [0.05, 0.1) is 12.5 Å². The molecule has 2 aromatic rings. The summed E-state index contributed by atoms with van der Waals surface area (Å²) in [7, 11) is 0. The largest absolute Gasteiger partial charge is 0.369 e. The molecule has 1 aromatic carbocycles. The number of rotatable bonds is 9. The first-order valence-electron chi connectivity index (χ1n) is 13.5. The fourth-order valence-corrected chi connectivity index (χ4v) is 7.04. The number of aromatic nitrogens is 3. The first kappa shape index (κ1) is 25.3. The molecule has 0 spiro atoms. The van der Waals surface area contributed by atoms with Gasteiger partial charge in [0, 0.05) is 29.5 Å². The van der Waals surface area contributed by atoms with Gasteiger partial charge >= 0.3 is 0 Å². The summed E-state index contributed by atoms with van der Waals surface area (Å²) in [5.41, 5.74) is 5.53. The van der Waals surface area contributed by atoms with Crippen LogP contribution in [0.1, 0.15) is 100 Å². The van der Waals surface area contributed by atoms with Crippen LogP contribution < -0.4 is 5.73 Å². The van der Waals surface area contributed by atoms with E-state index in [1.165, 1.54) is 0 Å². The van der Waals surface area contributed by atoms with E-state index in [2.05, 4.69) is 33.5 Å². The molecular formula is C28H39F2N5O. The lowest BCUT2D eigenvalue weighted by Crippen LogP contribution is -2.52. The van der Waals surface area contributed by atoms with Gasteiger partial charge in [-0.15, -0.1) is 10.2 Å². The number of alkyl halides is 2. The monoisotopic (exact) mass is 499 g/mol. The summed E-state index contributed by atoms with van der Waals surface area (Å²) in [6, 6.07) is 9.48. The third-order valence-corrected chi connectivity index (χ3v) is 9.17. The Balaban J connectivity index is 1.37. The summed E-state index contributed by atoms with van der Waals surface area (Å²) in [6.45, 7) is 5.95. The van der Waals surface area contributed by atoms with Crippen molar-refractivity contribution in [1.29, 1.82) is 0 Å². The number of halogens is 2. The van der Waals surface area contributed by atoms with Crippen LogP contribution in [0.2, 0.25) is 0 Å². The average Bonchev–Trinajstić information content (AvgIpc) is 3.28. The second-order valence-corrected chi connectivity index (χ2v) is 11.7. The predicted molar refractivity (Wildman–Crippen MR) is 135 cm³/mol. The van der Waals surface area contributed by atoms with Gasteiger partial charge in [0.25, 0.3) is 5.92 Å². The normalized spacial score (nSPS) is 26.7. The van der Waals surface area contributed by atoms with Crippen molar-refractivity contribution in [1.82, 2.24) is 19.7 Å². The molecule has 1 amide bonds. The molecule has 2 aliphatic heterocycles. The first-order chi connectivity index (χ1) is 17.1. The van der Waals surface area contributed by atoms with Crippen LogP contribution in [-0.4, -0.2) is 50.1 Å². The maximum Gasteiger partial charge on any atom is 0.267 e. The number of carbonyl (C=O) groups is 1. The molecule has 6 nitrogen and oxygen atoms in total. The van der Waals surface area contributed by atoms with Gasteiger partial charge in [-0.25, -0.2) is 8.78 Å². The maximum atomic E-state index is 16.3. The zero-order chi connectivity index (χ0) is 25.7. The van der Waals surface area contributed by atoms with Crippen molar-refractivity contribution < 1.29 is 13.6 Å². The topological polar surface area (TPSA) is 77.0 Å². The lowest BCUT2D eigenvalue weighted by molar-refractivity contribution is -0.137. The van der Waals surface area contributed by atoms with Crippen molar-refractivity contribution in [3.63, 3.8) is 0 Å². The van der Waals surface area contributed by atoms with E-state index in [1.54, 1.807) is 24.3 Å². The van der Waals surface area contributed by atoms with Crippen LogP contribution in [0, 0.1) is 12.3 Å². The molecule has 196 valence electrons. The van der Waals surface area contributed by atoms with Crippen molar-refractivity contribution >= 4 is 5.91 Å². The Morgan fingerprint density at radius 2 is 1.75 bits per heavy atom. The van der Waals surface area contributed by atoms with Crippen molar-refractivity contribution in [2.75, 3.05) is 6.54 Å². The number of hydrogen-bond donors (Lipinski definition) is 1. The fraction of sp³-hybridized carbons (Fsp3) is 0.679. The second kappa shape index (κ2) is 9.51. The number of amides is 1. The molecule has 8 heteroatoms. The minimum absolute atomic E-state index is 0.114. The van der Waals surface area contributed by atoms with Crippen LogP contribution in [0.5, 0.6) is 0 Å². The van der Waals surface area contributed by atoms with E-state index >= 15 is 8.78 Å². The van der Waals surface area contributed by atoms with Crippen LogP contribution in [0.15, 0.2) is 30.3 Å². The number of hydrogen-bond acceptors (Lipinski definition) is 4. The zero-order valence-electron chi connectivity index (χ0n) is 21.7. The number of piperidine rings is 1. The molecular weight excluding hydrogens is 460 g/mol. The molecule has 3 heterocycles. The van der Waals surface area contributed by atoms with E-state index in [0.717, 1.165) is 43.8 Å². The second-order valence-electron chi connectivity index (χ2n) is 11.7. The Labute approximate surface area is 212 Å². The molecule has 1 aromatic heterocycles. The van der Waals surface area contributed by atoms with Gasteiger partial charge in [-0.05, 0) is 57.4 Å². The van der Waals surface area contributed by atoms with Crippen molar-refractivity contribution in [2.45, 2.75) is 108 Å². The zero-order valence-corrected chi connectivity index (χ0v) is 21.7.